The smallest absolute Gasteiger partial charge is 0.338 e. The van der Waals surface area contributed by atoms with Crippen LogP contribution in [0.1, 0.15) is 43.0 Å². The Balaban J connectivity index is 2.10. The third-order valence-corrected chi connectivity index (χ3v) is 4.28. The number of hydrogen-bond donors (Lipinski definition) is 2. The van der Waals surface area contributed by atoms with Crippen molar-refractivity contribution in [3.8, 4) is 0 Å². The monoisotopic (exact) mass is 311 g/mol. The Hall–Kier alpha value is -1.03. The lowest BCUT2D eigenvalue weighted by atomic mass is 10.0. The lowest BCUT2D eigenvalue weighted by molar-refractivity contribution is 0.0697. The normalized spacial score (nSPS) is 16.3. The summed E-state index contributed by atoms with van der Waals surface area (Å²) in [7, 11) is 0. The molecule has 3 nitrogen and oxygen atoms in total. The highest BCUT2D eigenvalue weighted by Gasteiger charge is 2.41. The standard InChI is InChI=1S/C14H18BrNO2/c1-2-6-14(7-8-14)9-16-11-5-3-4-10(15)12(11)13(17)18/h3-5,16H,2,6-9H2,1H3,(H,17,18). The summed E-state index contributed by atoms with van der Waals surface area (Å²) < 4.78 is 0.625. The number of anilines is 1. The Morgan fingerprint density at radius 3 is 2.78 bits per heavy atom. The topological polar surface area (TPSA) is 49.3 Å². The van der Waals surface area contributed by atoms with Gasteiger partial charge in [-0.1, -0.05) is 19.4 Å². The summed E-state index contributed by atoms with van der Waals surface area (Å²) >= 11 is 3.29. The van der Waals surface area contributed by atoms with Gasteiger partial charge in [0.2, 0.25) is 0 Å². The summed E-state index contributed by atoms with van der Waals surface area (Å²) in [5.41, 5.74) is 1.44. The summed E-state index contributed by atoms with van der Waals surface area (Å²) in [6.07, 6.45) is 4.91. The summed E-state index contributed by atoms with van der Waals surface area (Å²) in [4.78, 5) is 11.2. The molecule has 4 heteroatoms. The molecule has 0 radical (unpaired) electrons. The van der Waals surface area contributed by atoms with Gasteiger partial charge in [0.25, 0.3) is 0 Å². The molecule has 18 heavy (non-hydrogen) atoms. The van der Waals surface area contributed by atoms with Crippen LogP contribution in [0.3, 0.4) is 0 Å². The third-order valence-electron chi connectivity index (χ3n) is 3.62. The molecule has 0 bridgehead atoms. The molecule has 0 heterocycles. The van der Waals surface area contributed by atoms with Crippen molar-refractivity contribution in [2.75, 3.05) is 11.9 Å². The molecule has 2 rings (SSSR count). The number of nitrogens with one attached hydrogen (secondary N) is 1. The Kier molecular flexibility index (Phi) is 3.95. The molecule has 1 aliphatic carbocycles. The van der Waals surface area contributed by atoms with Crippen molar-refractivity contribution in [2.24, 2.45) is 5.41 Å². The molecule has 0 unspecified atom stereocenters. The molecule has 1 aromatic carbocycles. The molecular weight excluding hydrogens is 294 g/mol. The van der Waals surface area contributed by atoms with Gasteiger partial charge in [-0.15, -0.1) is 0 Å². The van der Waals surface area contributed by atoms with Gasteiger partial charge in [-0.25, -0.2) is 4.79 Å². The fraction of sp³-hybridized carbons (Fsp3) is 0.500. The Bertz CT molecular complexity index is 455. The highest BCUT2D eigenvalue weighted by Crippen LogP contribution is 2.49. The minimum absolute atomic E-state index is 0.324. The van der Waals surface area contributed by atoms with Crippen LogP contribution in [0.2, 0.25) is 0 Å². The maximum atomic E-state index is 11.2. The minimum atomic E-state index is -0.898. The zero-order valence-corrected chi connectivity index (χ0v) is 12.1. The van der Waals surface area contributed by atoms with Crippen molar-refractivity contribution >= 4 is 27.6 Å². The molecular formula is C14H18BrNO2. The molecule has 0 aliphatic heterocycles. The first-order valence-electron chi connectivity index (χ1n) is 6.34. The zero-order chi connectivity index (χ0) is 13.2. The predicted molar refractivity (Wildman–Crippen MR) is 76.2 cm³/mol. The molecule has 2 N–H and O–H groups in total. The summed E-state index contributed by atoms with van der Waals surface area (Å²) in [5, 5.41) is 12.5. The maximum Gasteiger partial charge on any atom is 0.338 e. The quantitative estimate of drug-likeness (QED) is 0.830. The van der Waals surface area contributed by atoms with E-state index in [9.17, 15) is 9.90 Å². The van der Waals surface area contributed by atoms with Crippen LogP contribution in [0.15, 0.2) is 22.7 Å². The molecule has 0 spiro atoms. The second kappa shape index (κ2) is 5.31. The van der Waals surface area contributed by atoms with Crippen molar-refractivity contribution in [1.29, 1.82) is 0 Å². The Morgan fingerprint density at radius 2 is 2.22 bits per heavy atom. The highest BCUT2D eigenvalue weighted by atomic mass is 79.9. The second-order valence-corrected chi connectivity index (χ2v) is 5.93. The molecule has 0 atom stereocenters. The van der Waals surface area contributed by atoms with Gasteiger partial charge in [0.05, 0.1) is 5.56 Å². The van der Waals surface area contributed by atoms with E-state index in [0.717, 1.165) is 6.54 Å². The SMILES string of the molecule is CCCC1(CNc2cccc(Br)c2C(=O)O)CC1. The molecule has 0 aromatic heterocycles. The molecule has 1 aliphatic rings. The van der Waals surface area contributed by atoms with Crippen LogP contribution in [0.5, 0.6) is 0 Å². The van der Waals surface area contributed by atoms with Crippen molar-refractivity contribution in [3.05, 3.63) is 28.2 Å². The number of hydrogen-bond acceptors (Lipinski definition) is 2. The van der Waals surface area contributed by atoms with Crippen LogP contribution >= 0.6 is 15.9 Å². The minimum Gasteiger partial charge on any atom is -0.478 e. The van der Waals surface area contributed by atoms with Gasteiger partial charge in [0.1, 0.15) is 0 Å². The second-order valence-electron chi connectivity index (χ2n) is 5.07. The average molecular weight is 312 g/mol. The number of carboxylic acid groups (broad SMARTS) is 1. The maximum absolute atomic E-state index is 11.2. The van der Waals surface area contributed by atoms with Crippen LogP contribution in [-0.4, -0.2) is 17.6 Å². The average Bonchev–Trinajstić information content (AvgIpc) is 3.07. The van der Waals surface area contributed by atoms with Crippen molar-refractivity contribution in [1.82, 2.24) is 0 Å². The van der Waals surface area contributed by atoms with E-state index in [1.54, 1.807) is 6.07 Å². The lowest BCUT2D eigenvalue weighted by Crippen LogP contribution is -2.17. The molecule has 98 valence electrons. The van der Waals surface area contributed by atoms with Gasteiger partial charge < -0.3 is 10.4 Å². The van der Waals surface area contributed by atoms with Crippen LogP contribution in [0.25, 0.3) is 0 Å². The molecule has 1 saturated carbocycles. The number of halogens is 1. The number of benzene rings is 1. The first-order valence-corrected chi connectivity index (χ1v) is 7.13. The van der Waals surface area contributed by atoms with Crippen LogP contribution in [0, 0.1) is 5.41 Å². The van der Waals surface area contributed by atoms with E-state index in [1.807, 2.05) is 12.1 Å². The number of carboxylic acids is 1. The third kappa shape index (κ3) is 2.86. The molecule has 1 aromatic rings. The van der Waals surface area contributed by atoms with Crippen molar-refractivity contribution in [2.45, 2.75) is 32.6 Å². The fourth-order valence-electron chi connectivity index (χ4n) is 2.39. The summed E-state index contributed by atoms with van der Waals surface area (Å²) in [6, 6.07) is 5.45. The van der Waals surface area contributed by atoms with E-state index in [0.29, 0.717) is 21.1 Å². The van der Waals surface area contributed by atoms with Gasteiger partial charge in [-0.05, 0) is 52.7 Å². The molecule has 0 amide bonds. The van der Waals surface area contributed by atoms with E-state index in [4.69, 9.17) is 0 Å². The summed E-state index contributed by atoms with van der Waals surface area (Å²) in [5.74, 6) is -0.898. The van der Waals surface area contributed by atoms with Crippen LogP contribution < -0.4 is 5.32 Å². The summed E-state index contributed by atoms with van der Waals surface area (Å²) in [6.45, 7) is 3.07. The number of carbonyl (C=O) groups is 1. The highest BCUT2D eigenvalue weighted by molar-refractivity contribution is 9.10. The predicted octanol–water partition coefficient (Wildman–Crippen LogP) is 4.14. The zero-order valence-electron chi connectivity index (χ0n) is 10.5. The number of rotatable bonds is 6. The van der Waals surface area contributed by atoms with Gasteiger partial charge in [-0.3, -0.25) is 0 Å². The van der Waals surface area contributed by atoms with Crippen molar-refractivity contribution in [3.63, 3.8) is 0 Å². The van der Waals surface area contributed by atoms with E-state index in [-0.39, 0.29) is 0 Å². The first-order chi connectivity index (χ1) is 8.58. The lowest BCUT2D eigenvalue weighted by Gasteiger charge is -2.17. The van der Waals surface area contributed by atoms with E-state index in [2.05, 4.69) is 28.2 Å². The van der Waals surface area contributed by atoms with Gasteiger partial charge in [0.15, 0.2) is 0 Å². The van der Waals surface area contributed by atoms with E-state index in [1.165, 1.54) is 25.7 Å². The Morgan fingerprint density at radius 1 is 1.50 bits per heavy atom. The molecule has 0 saturated heterocycles. The van der Waals surface area contributed by atoms with Crippen LogP contribution in [-0.2, 0) is 0 Å². The van der Waals surface area contributed by atoms with E-state index < -0.39 is 5.97 Å². The largest absolute Gasteiger partial charge is 0.478 e. The van der Waals surface area contributed by atoms with E-state index >= 15 is 0 Å². The van der Waals surface area contributed by atoms with Gasteiger partial charge in [-0.2, -0.15) is 0 Å². The fourth-order valence-corrected chi connectivity index (χ4v) is 2.93. The van der Waals surface area contributed by atoms with Gasteiger partial charge in [0, 0.05) is 16.7 Å². The molecule has 1 fully saturated rings. The van der Waals surface area contributed by atoms with Crippen LogP contribution in [0.4, 0.5) is 5.69 Å². The first kappa shape index (κ1) is 13.4. The number of aromatic carboxylic acids is 1. The van der Waals surface area contributed by atoms with Gasteiger partial charge >= 0.3 is 5.97 Å². The Labute approximate surface area is 116 Å². The van der Waals surface area contributed by atoms with Crippen molar-refractivity contribution < 1.29 is 9.90 Å².